The summed E-state index contributed by atoms with van der Waals surface area (Å²) in [7, 11) is 1.58. The van der Waals surface area contributed by atoms with Crippen molar-refractivity contribution in [3.8, 4) is 11.4 Å². The fraction of sp³-hybridized carbons (Fsp3) is 0.207. The van der Waals surface area contributed by atoms with Crippen molar-refractivity contribution >= 4 is 23.6 Å². The number of rotatable bonds is 7. The van der Waals surface area contributed by atoms with Gasteiger partial charge in [-0.2, -0.15) is 5.10 Å². The third-order valence-electron chi connectivity index (χ3n) is 6.46. The maximum Gasteiger partial charge on any atom is 0.247 e. The van der Waals surface area contributed by atoms with Crippen LogP contribution in [0, 0.1) is 12.7 Å². The van der Waals surface area contributed by atoms with Crippen molar-refractivity contribution < 1.29 is 18.7 Å². The van der Waals surface area contributed by atoms with Gasteiger partial charge < -0.3 is 15.0 Å². The Morgan fingerprint density at radius 1 is 1.08 bits per heavy atom. The van der Waals surface area contributed by atoms with Gasteiger partial charge in [0.1, 0.15) is 22.6 Å². The van der Waals surface area contributed by atoms with Gasteiger partial charge in [0.15, 0.2) is 0 Å². The van der Waals surface area contributed by atoms with Gasteiger partial charge in [-0.15, -0.1) is 0 Å². The van der Waals surface area contributed by atoms with Crippen molar-refractivity contribution in [1.29, 1.82) is 0 Å². The van der Waals surface area contributed by atoms with E-state index in [4.69, 9.17) is 9.84 Å². The van der Waals surface area contributed by atoms with Crippen molar-refractivity contribution in [3.63, 3.8) is 0 Å². The molecule has 194 valence electrons. The van der Waals surface area contributed by atoms with Gasteiger partial charge in [-0.05, 0) is 42.8 Å². The second-order valence-corrected chi connectivity index (χ2v) is 9.88. The molecule has 7 nitrogen and oxygen atoms in total. The molecule has 0 fully saturated rings. The highest BCUT2D eigenvalue weighted by Gasteiger charge is 2.39. The Morgan fingerprint density at radius 2 is 1.79 bits per heavy atom. The maximum atomic E-state index is 13.9. The molecule has 0 aliphatic carbocycles. The fourth-order valence-corrected chi connectivity index (χ4v) is 5.70. The van der Waals surface area contributed by atoms with Crippen LogP contribution in [0.5, 0.6) is 5.75 Å². The zero-order valence-corrected chi connectivity index (χ0v) is 21.9. The maximum absolute atomic E-state index is 13.9. The van der Waals surface area contributed by atoms with Crippen LogP contribution in [0.2, 0.25) is 0 Å². The first-order chi connectivity index (χ1) is 18.5. The Balaban J connectivity index is 1.56. The van der Waals surface area contributed by atoms with Gasteiger partial charge in [-0.3, -0.25) is 9.59 Å². The first-order valence-corrected chi connectivity index (χ1v) is 13.2. The summed E-state index contributed by atoms with van der Waals surface area (Å²) in [6.07, 6.45) is 0. The molecule has 1 aromatic heterocycles. The van der Waals surface area contributed by atoms with Crippen LogP contribution in [0.1, 0.15) is 28.4 Å². The van der Waals surface area contributed by atoms with Crippen LogP contribution in [0.4, 0.5) is 4.39 Å². The molecule has 1 aliphatic heterocycles. The van der Waals surface area contributed by atoms with Crippen LogP contribution in [0.15, 0.2) is 83.9 Å². The number of carbonyl (C=O) groups is 2. The topological polar surface area (TPSA) is 76.5 Å². The minimum atomic E-state index is -0.926. The number of thioether (sulfide) groups is 1. The van der Waals surface area contributed by atoms with E-state index in [2.05, 4.69) is 5.32 Å². The molecule has 0 unspecified atom stereocenters. The number of benzene rings is 3. The molecule has 2 amide bonds. The number of fused-ring (bicyclic) bond motifs is 1. The summed E-state index contributed by atoms with van der Waals surface area (Å²) in [5.41, 5.74) is 3.73. The Hall–Kier alpha value is -4.11. The molecule has 0 radical (unpaired) electrons. The van der Waals surface area contributed by atoms with Gasteiger partial charge in [0.05, 0.1) is 24.2 Å². The molecule has 0 spiro atoms. The molecule has 1 aliphatic rings. The predicted molar refractivity (Wildman–Crippen MR) is 144 cm³/mol. The van der Waals surface area contributed by atoms with Crippen LogP contribution in [-0.2, 0) is 22.7 Å². The molecule has 2 heterocycles. The Kier molecular flexibility index (Phi) is 7.46. The molecule has 0 bridgehead atoms. The highest BCUT2D eigenvalue weighted by Crippen LogP contribution is 2.39. The number of ether oxygens (including phenoxy) is 1. The van der Waals surface area contributed by atoms with Crippen molar-refractivity contribution in [1.82, 2.24) is 20.0 Å². The number of aromatic nitrogens is 2. The lowest BCUT2D eigenvalue weighted by molar-refractivity contribution is -0.139. The van der Waals surface area contributed by atoms with Crippen LogP contribution < -0.4 is 10.1 Å². The zero-order valence-electron chi connectivity index (χ0n) is 21.1. The molecule has 0 saturated heterocycles. The van der Waals surface area contributed by atoms with Gasteiger partial charge in [0.25, 0.3) is 0 Å². The van der Waals surface area contributed by atoms with E-state index in [0.29, 0.717) is 17.0 Å². The van der Waals surface area contributed by atoms with Crippen molar-refractivity contribution in [2.75, 3.05) is 12.9 Å². The van der Waals surface area contributed by atoms with Gasteiger partial charge in [0.2, 0.25) is 11.8 Å². The molecule has 1 atom stereocenters. The lowest BCUT2D eigenvalue weighted by Gasteiger charge is -2.30. The number of nitrogens with zero attached hydrogens (tertiary/aromatic N) is 3. The zero-order chi connectivity index (χ0) is 26.6. The minimum Gasteiger partial charge on any atom is -0.496 e. The average Bonchev–Trinajstić information content (AvgIpc) is 3.19. The Morgan fingerprint density at radius 3 is 2.53 bits per heavy atom. The average molecular weight is 531 g/mol. The van der Waals surface area contributed by atoms with E-state index in [1.165, 1.54) is 23.9 Å². The number of hydrogen-bond acceptors (Lipinski definition) is 5. The number of methoxy groups -OCH3 is 1. The fourth-order valence-electron chi connectivity index (χ4n) is 4.60. The number of carbonyl (C=O) groups excluding carboxylic acids is 2. The van der Waals surface area contributed by atoms with E-state index in [-0.39, 0.29) is 36.5 Å². The van der Waals surface area contributed by atoms with Gasteiger partial charge in [0, 0.05) is 24.2 Å². The molecule has 0 saturated carbocycles. The summed E-state index contributed by atoms with van der Waals surface area (Å²) in [6, 6.07) is 22.1. The van der Waals surface area contributed by atoms with E-state index in [1.54, 1.807) is 28.8 Å². The molecule has 4 aromatic rings. The monoisotopic (exact) mass is 530 g/mol. The third-order valence-corrected chi connectivity index (χ3v) is 7.52. The third kappa shape index (κ3) is 5.15. The van der Waals surface area contributed by atoms with E-state index < -0.39 is 6.04 Å². The van der Waals surface area contributed by atoms with E-state index >= 15 is 0 Å². The summed E-state index contributed by atoms with van der Waals surface area (Å²) in [5.74, 6) is -0.0717. The summed E-state index contributed by atoms with van der Waals surface area (Å²) in [6.45, 7) is 2.24. The van der Waals surface area contributed by atoms with Crippen molar-refractivity contribution in [2.45, 2.75) is 31.1 Å². The van der Waals surface area contributed by atoms with Gasteiger partial charge in [-0.25, -0.2) is 9.07 Å². The first-order valence-electron chi connectivity index (χ1n) is 12.2. The Bertz CT molecular complexity index is 1460. The summed E-state index contributed by atoms with van der Waals surface area (Å²) < 4.78 is 20.8. The molecular formula is C29H27FN4O3S. The van der Waals surface area contributed by atoms with Crippen molar-refractivity contribution in [2.24, 2.45) is 0 Å². The first kappa shape index (κ1) is 25.5. The Labute approximate surface area is 224 Å². The normalized spacial score (nSPS) is 15.1. The molecule has 9 heteroatoms. The lowest BCUT2D eigenvalue weighted by Crippen LogP contribution is -2.43. The highest BCUT2D eigenvalue weighted by atomic mass is 32.2. The van der Waals surface area contributed by atoms with Crippen molar-refractivity contribution in [3.05, 3.63) is 107 Å². The predicted octanol–water partition coefficient (Wildman–Crippen LogP) is 4.82. The van der Waals surface area contributed by atoms with E-state index in [1.807, 2.05) is 61.5 Å². The number of halogens is 1. The molecule has 1 N–H and O–H groups in total. The summed E-state index contributed by atoms with van der Waals surface area (Å²) >= 11 is 1.37. The molecule has 5 rings (SSSR count). The minimum absolute atomic E-state index is 0.141. The summed E-state index contributed by atoms with van der Waals surface area (Å²) in [4.78, 5) is 29.0. The number of amides is 2. The van der Waals surface area contributed by atoms with Gasteiger partial charge >= 0.3 is 0 Å². The number of aryl methyl sites for hydroxylation is 1. The smallest absolute Gasteiger partial charge is 0.247 e. The van der Waals surface area contributed by atoms with Crippen LogP contribution >= 0.6 is 11.8 Å². The van der Waals surface area contributed by atoms with E-state index in [9.17, 15) is 14.0 Å². The van der Waals surface area contributed by atoms with Crippen LogP contribution in [-0.4, -0.2) is 39.4 Å². The highest BCUT2D eigenvalue weighted by molar-refractivity contribution is 8.00. The molecule has 38 heavy (non-hydrogen) atoms. The second-order valence-electron chi connectivity index (χ2n) is 8.92. The number of hydrogen-bond donors (Lipinski definition) is 1. The number of para-hydroxylation sites is 2. The summed E-state index contributed by atoms with van der Waals surface area (Å²) in [5, 5.41) is 8.53. The quantitative estimate of drug-likeness (QED) is 0.371. The SMILES string of the molecule is COc1ccccc1CNC(=O)[C@@H]1c2c(C)nn(-c3ccccc3)c2SCC(=O)N1Cc1ccc(F)cc1. The van der Waals surface area contributed by atoms with Crippen LogP contribution in [0.3, 0.4) is 0 Å². The van der Waals surface area contributed by atoms with Gasteiger partial charge in [-0.1, -0.05) is 60.3 Å². The second kappa shape index (κ2) is 11.1. The molecular weight excluding hydrogens is 503 g/mol. The molecule has 3 aromatic carbocycles. The standard InChI is InChI=1S/C29H27FN4O3S/c1-19-26-27(28(36)31-16-21-8-6-7-11-24(21)37-2)33(17-20-12-14-22(30)15-13-20)25(35)18-38-29(26)34(32-19)23-9-4-3-5-10-23/h3-15,27H,16-18H2,1-2H3,(H,31,36)/t27-/m0/s1. The largest absolute Gasteiger partial charge is 0.496 e. The lowest BCUT2D eigenvalue weighted by atomic mass is 10.0. The van der Waals surface area contributed by atoms with E-state index in [0.717, 1.165) is 21.8 Å². The number of nitrogens with one attached hydrogen (secondary N) is 1. The van der Waals surface area contributed by atoms with Crippen LogP contribution in [0.25, 0.3) is 5.69 Å².